The van der Waals surface area contributed by atoms with Gasteiger partial charge in [0.05, 0.1) is 22.9 Å². The molecule has 6 heteroatoms. The minimum Gasteiger partial charge on any atom is -0.366 e. The molecule has 0 atom stereocenters. The van der Waals surface area contributed by atoms with Crippen molar-refractivity contribution in [2.24, 2.45) is 0 Å². The third kappa shape index (κ3) is 4.33. The molecular weight excluding hydrogens is 424 g/mol. The molecule has 170 valence electrons. The third-order valence-corrected chi connectivity index (χ3v) is 6.08. The van der Waals surface area contributed by atoms with Gasteiger partial charge in [-0.3, -0.25) is 14.6 Å². The summed E-state index contributed by atoms with van der Waals surface area (Å²) in [7, 11) is 0. The van der Waals surface area contributed by atoms with E-state index in [1.54, 1.807) is 36.7 Å². The second kappa shape index (κ2) is 9.72. The van der Waals surface area contributed by atoms with Crippen LogP contribution < -0.4 is 4.90 Å². The fraction of sp³-hybridized carbons (Fsp3) is 0.214. The van der Waals surface area contributed by atoms with E-state index < -0.39 is 0 Å². The van der Waals surface area contributed by atoms with Crippen molar-refractivity contribution in [3.63, 3.8) is 0 Å². The third-order valence-electron chi connectivity index (χ3n) is 6.08. The van der Waals surface area contributed by atoms with Gasteiger partial charge >= 0.3 is 0 Å². The number of imide groups is 1. The van der Waals surface area contributed by atoms with E-state index in [1.165, 1.54) is 4.90 Å². The predicted octanol–water partition coefficient (Wildman–Crippen LogP) is 4.42. The van der Waals surface area contributed by atoms with Crippen molar-refractivity contribution in [3.8, 4) is 6.07 Å². The lowest BCUT2D eigenvalue weighted by Crippen LogP contribution is -2.36. The Kier molecular flexibility index (Phi) is 6.55. The number of aromatic nitrogens is 1. The number of hydrogen-bond acceptors (Lipinski definition) is 5. The first-order chi connectivity index (χ1) is 16.4. The highest BCUT2D eigenvalue weighted by Crippen LogP contribution is 2.36. The van der Waals surface area contributed by atoms with Crippen LogP contribution >= 0.6 is 0 Å². The van der Waals surface area contributed by atoms with E-state index >= 15 is 0 Å². The highest BCUT2D eigenvalue weighted by molar-refractivity contribution is 6.45. The average Bonchev–Trinajstić information content (AvgIpc) is 3.10. The zero-order valence-electron chi connectivity index (χ0n) is 19.6. The topological polar surface area (TPSA) is 77.3 Å². The Labute approximate surface area is 199 Å². The molecule has 0 spiro atoms. The van der Waals surface area contributed by atoms with E-state index in [0.717, 1.165) is 28.7 Å². The van der Waals surface area contributed by atoms with Gasteiger partial charge < -0.3 is 4.90 Å². The van der Waals surface area contributed by atoms with Crippen LogP contribution in [0.1, 0.15) is 34.7 Å². The van der Waals surface area contributed by atoms with Crippen molar-refractivity contribution in [2.75, 3.05) is 18.0 Å². The van der Waals surface area contributed by atoms with Crippen LogP contribution in [0, 0.1) is 25.2 Å². The standard InChI is InChI=1S/C28H26N4O2/c1-4-31(16-13-21-11-14-30-15-12-21)26-25(24-10-5-19(2)17-20(24)3)27(33)32(28(26)34)23-8-6-22(18-29)7-9-23/h5-12,14-15,17H,4,13,16H2,1-3H3. The minimum atomic E-state index is -0.348. The Bertz CT molecular complexity index is 1300. The van der Waals surface area contributed by atoms with Crippen LogP contribution in [0.15, 0.2) is 72.7 Å². The van der Waals surface area contributed by atoms with Gasteiger partial charge in [0.1, 0.15) is 5.70 Å². The summed E-state index contributed by atoms with van der Waals surface area (Å²) in [6, 6.07) is 18.4. The quantitative estimate of drug-likeness (QED) is 0.498. The van der Waals surface area contributed by atoms with Crippen LogP contribution in [0.5, 0.6) is 0 Å². The van der Waals surface area contributed by atoms with Gasteiger partial charge in [0.2, 0.25) is 0 Å². The molecule has 34 heavy (non-hydrogen) atoms. The molecule has 1 aromatic heterocycles. The summed E-state index contributed by atoms with van der Waals surface area (Å²) in [5.74, 6) is -0.694. The molecule has 1 aliphatic rings. The van der Waals surface area contributed by atoms with Crippen molar-refractivity contribution in [3.05, 3.63) is 101 Å². The van der Waals surface area contributed by atoms with Gasteiger partial charge in [0, 0.05) is 25.5 Å². The SMILES string of the molecule is CCN(CCc1ccncc1)C1=C(c2ccc(C)cc2C)C(=O)N(c2ccc(C#N)cc2)C1=O. The van der Waals surface area contributed by atoms with Crippen LogP contribution in [-0.4, -0.2) is 34.8 Å². The smallest absolute Gasteiger partial charge is 0.282 e. The molecule has 0 fully saturated rings. The first-order valence-electron chi connectivity index (χ1n) is 11.3. The van der Waals surface area contributed by atoms with Crippen molar-refractivity contribution >= 4 is 23.1 Å². The maximum atomic E-state index is 13.8. The minimum absolute atomic E-state index is 0.346. The molecule has 2 heterocycles. The monoisotopic (exact) mass is 450 g/mol. The summed E-state index contributed by atoms with van der Waals surface area (Å²) >= 11 is 0. The maximum Gasteiger partial charge on any atom is 0.282 e. The largest absolute Gasteiger partial charge is 0.366 e. The van der Waals surface area contributed by atoms with Crippen LogP contribution in [0.2, 0.25) is 0 Å². The number of carbonyl (C=O) groups is 2. The number of carbonyl (C=O) groups excluding carboxylic acids is 2. The molecule has 0 radical (unpaired) electrons. The Hall–Kier alpha value is -4.24. The molecule has 2 aromatic carbocycles. The Morgan fingerprint density at radius 2 is 1.68 bits per heavy atom. The lowest BCUT2D eigenvalue weighted by molar-refractivity contribution is -0.120. The molecule has 3 aromatic rings. The van der Waals surface area contributed by atoms with E-state index in [9.17, 15) is 9.59 Å². The number of amides is 2. The van der Waals surface area contributed by atoms with Crippen molar-refractivity contribution in [1.82, 2.24) is 9.88 Å². The van der Waals surface area contributed by atoms with Gasteiger partial charge in [-0.2, -0.15) is 5.26 Å². The fourth-order valence-electron chi connectivity index (χ4n) is 4.31. The van der Waals surface area contributed by atoms with Gasteiger partial charge in [-0.25, -0.2) is 4.90 Å². The predicted molar refractivity (Wildman–Crippen MR) is 132 cm³/mol. The molecule has 2 amide bonds. The highest BCUT2D eigenvalue weighted by Gasteiger charge is 2.42. The number of benzene rings is 2. The number of anilines is 1. The molecule has 0 aliphatic carbocycles. The molecule has 0 saturated carbocycles. The average molecular weight is 451 g/mol. The van der Waals surface area contributed by atoms with Gasteiger partial charge in [-0.15, -0.1) is 0 Å². The van der Waals surface area contributed by atoms with E-state index in [1.807, 2.05) is 56.0 Å². The Morgan fingerprint density at radius 1 is 0.971 bits per heavy atom. The second-order valence-electron chi connectivity index (χ2n) is 8.33. The molecule has 6 nitrogen and oxygen atoms in total. The number of pyridine rings is 1. The van der Waals surface area contributed by atoms with Crippen LogP contribution in [0.3, 0.4) is 0 Å². The first-order valence-corrected chi connectivity index (χ1v) is 11.3. The number of likely N-dealkylation sites (N-methyl/N-ethyl adjacent to an activating group) is 1. The lowest BCUT2D eigenvalue weighted by atomic mass is 9.97. The molecule has 0 saturated heterocycles. The maximum absolute atomic E-state index is 13.8. The number of rotatable bonds is 7. The molecular formula is C28H26N4O2. The van der Waals surface area contributed by atoms with Gasteiger partial charge in [0.15, 0.2) is 0 Å². The van der Waals surface area contributed by atoms with Crippen LogP contribution in [-0.2, 0) is 16.0 Å². The molecule has 0 bridgehead atoms. The summed E-state index contributed by atoms with van der Waals surface area (Å²) in [6.07, 6.45) is 4.23. The second-order valence-corrected chi connectivity index (χ2v) is 8.33. The van der Waals surface area contributed by atoms with Crippen molar-refractivity contribution in [1.29, 1.82) is 5.26 Å². The summed E-state index contributed by atoms with van der Waals surface area (Å²) in [5, 5.41) is 9.12. The summed E-state index contributed by atoms with van der Waals surface area (Å²) < 4.78 is 0. The number of nitriles is 1. The Morgan fingerprint density at radius 3 is 2.29 bits per heavy atom. The van der Waals surface area contributed by atoms with E-state index in [2.05, 4.69) is 11.1 Å². The molecule has 1 aliphatic heterocycles. The molecule has 4 rings (SSSR count). The van der Waals surface area contributed by atoms with Crippen LogP contribution in [0.25, 0.3) is 5.57 Å². The van der Waals surface area contributed by atoms with Gasteiger partial charge in [-0.1, -0.05) is 23.8 Å². The summed E-state index contributed by atoms with van der Waals surface area (Å²) in [6.45, 7) is 7.12. The fourth-order valence-corrected chi connectivity index (χ4v) is 4.31. The normalized spacial score (nSPS) is 13.4. The van der Waals surface area contributed by atoms with Gasteiger partial charge in [0.25, 0.3) is 11.8 Å². The number of aryl methyl sites for hydroxylation is 2. The van der Waals surface area contributed by atoms with Crippen molar-refractivity contribution in [2.45, 2.75) is 27.2 Å². The zero-order chi connectivity index (χ0) is 24.2. The first kappa shape index (κ1) is 22.9. The highest BCUT2D eigenvalue weighted by atomic mass is 16.2. The Balaban J connectivity index is 1.79. The van der Waals surface area contributed by atoms with E-state index in [4.69, 9.17) is 5.26 Å². The summed E-state index contributed by atoms with van der Waals surface area (Å²) in [5.41, 5.74) is 5.67. The zero-order valence-corrected chi connectivity index (χ0v) is 19.6. The molecule has 0 N–H and O–H groups in total. The van der Waals surface area contributed by atoms with E-state index in [-0.39, 0.29) is 11.8 Å². The van der Waals surface area contributed by atoms with Gasteiger partial charge in [-0.05, 0) is 80.3 Å². The van der Waals surface area contributed by atoms with E-state index in [0.29, 0.717) is 35.6 Å². The number of hydrogen-bond donors (Lipinski definition) is 0. The number of nitrogens with zero attached hydrogens (tertiary/aromatic N) is 4. The summed E-state index contributed by atoms with van der Waals surface area (Å²) in [4.78, 5) is 34.8. The van der Waals surface area contributed by atoms with Crippen LogP contribution in [0.4, 0.5) is 5.69 Å². The lowest BCUT2D eigenvalue weighted by Gasteiger charge is -2.25. The van der Waals surface area contributed by atoms with Crippen molar-refractivity contribution < 1.29 is 9.59 Å². The molecule has 0 unspecified atom stereocenters.